The quantitative estimate of drug-likeness (QED) is 0.766. The number of nitriles is 1. The SMILES string of the molecule is CCC1CCCCN1CC(C)(C#N)NC. The number of rotatable bonds is 4. The number of nitrogens with one attached hydrogen (secondary N) is 1. The van der Waals surface area contributed by atoms with Crippen LogP contribution in [0.5, 0.6) is 0 Å². The predicted octanol–water partition coefficient (Wildman–Crippen LogP) is 1.75. The van der Waals surface area contributed by atoms with Crippen molar-refractivity contribution >= 4 is 0 Å². The maximum Gasteiger partial charge on any atom is 0.116 e. The van der Waals surface area contributed by atoms with Gasteiger partial charge in [0.05, 0.1) is 6.07 Å². The van der Waals surface area contributed by atoms with E-state index in [-0.39, 0.29) is 0 Å². The highest BCUT2D eigenvalue weighted by Crippen LogP contribution is 2.21. The van der Waals surface area contributed by atoms with Gasteiger partial charge < -0.3 is 5.32 Å². The Balaban J connectivity index is 2.58. The normalized spacial score (nSPS) is 26.9. The Morgan fingerprint density at radius 3 is 2.80 bits per heavy atom. The summed E-state index contributed by atoms with van der Waals surface area (Å²) in [5.74, 6) is 0. The molecule has 1 aliphatic rings. The topological polar surface area (TPSA) is 39.1 Å². The van der Waals surface area contributed by atoms with E-state index >= 15 is 0 Å². The number of likely N-dealkylation sites (N-methyl/N-ethyl adjacent to an activating group) is 1. The minimum atomic E-state index is -0.398. The average Bonchev–Trinajstić information content (AvgIpc) is 2.29. The molecule has 1 aliphatic heterocycles. The predicted molar refractivity (Wildman–Crippen MR) is 62.6 cm³/mol. The first-order valence-corrected chi connectivity index (χ1v) is 5.99. The zero-order chi connectivity index (χ0) is 11.3. The number of likely N-dealkylation sites (tertiary alicyclic amines) is 1. The van der Waals surface area contributed by atoms with Crippen molar-refractivity contribution < 1.29 is 0 Å². The van der Waals surface area contributed by atoms with E-state index in [1.807, 2.05) is 14.0 Å². The maximum absolute atomic E-state index is 9.14. The van der Waals surface area contributed by atoms with Gasteiger partial charge in [-0.2, -0.15) is 5.26 Å². The lowest BCUT2D eigenvalue weighted by molar-refractivity contribution is 0.120. The van der Waals surface area contributed by atoms with Gasteiger partial charge in [0.2, 0.25) is 0 Å². The molecule has 3 nitrogen and oxygen atoms in total. The highest BCUT2D eigenvalue weighted by atomic mass is 15.2. The van der Waals surface area contributed by atoms with Gasteiger partial charge in [0, 0.05) is 12.6 Å². The summed E-state index contributed by atoms with van der Waals surface area (Å²) in [5, 5.41) is 12.3. The average molecular weight is 209 g/mol. The van der Waals surface area contributed by atoms with Crippen LogP contribution >= 0.6 is 0 Å². The molecule has 0 bridgehead atoms. The zero-order valence-corrected chi connectivity index (χ0v) is 10.2. The van der Waals surface area contributed by atoms with Crippen LogP contribution in [0.25, 0.3) is 0 Å². The molecule has 0 aliphatic carbocycles. The molecular formula is C12H23N3. The summed E-state index contributed by atoms with van der Waals surface area (Å²) in [7, 11) is 1.87. The standard InChI is InChI=1S/C12H23N3/c1-4-11-7-5-6-8-15(11)10-12(2,9-13)14-3/h11,14H,4-8,10H2,1-3H3. The fourth-order valence-corrected chi connectivity index (χ4v) is 2.31. The number of nitrogens with zero attached hydrogens (tertiary/aromatic N) is 2. The van der Waals surface area contributed by atoms with Crippen molar-refractivity contribution in [3.63, 3.8) is 0 Å². The molecule has 1 heterocycles. The highest BCUT2D eigenvalue weighted by Gasteiger charge is 2.29. The molecule has 0 spiro atoms. The fourth-order valence-electron chi connectivity index (χ4n) is 2.31. The molecule has 0 amide bonds. The van der Waals surface area contributed by atoms with E-state index in [4.69, 9.17) is 5.26 Å². The molecule has 1 fully saturated rings. The fraction of sp³-hybridized carbons (Fsp3) is 0.917. The second-order valence-corrected chi connectivity index (χ2v) is 4.72. The molecule has 15 heavy (non-hydrogen) atoms. The van der Waals surface area contributed by atoms with Crippen LogP contribution < -0.4 is 5.32 Å². The van der Waals surface area contributed by atoms with Crippen LogP contribution in [0.2, 0.25) is 0 Å². The van der Waals surface area contributed by atoms with Gasteiger partial charge in [-0.3, -0.25) is 4.90 Å². The minimum Gasteiger partial charge on any atom is -0.302 e. The van der Waals surface area contributed by atoms with Crippen LogP contribution in [-0.2, 0) is 0 Å². The number of hydrogen-bond donors (Lipinski definition) is 1. The van der Waals surface area contributed by atoms with Crippen LogP contribution in [0.3, 0.4) is 0 Å². The molecule has 2 atom stereocenters. The molecule has 86 valence electrons. The molecule has 0 aromatic heterocycles. The third-order valence-corrected chi connectivity index (χ3v) is 3.54. The van der Waals surface area contributed by atoms with Crippen molar-refractivity contribution in [3.05, 3.63) is 0 Å². The summed E-state index contributed by atoms with van der Waals surface area (Å²) in [6.07, 6.45) is 5.12. The molecule has 1 saturated heterocycles. The maximum atomic E-state index is 9.14. The van der Waals surface area contributed by atoms with Crippen LogP contribution in [0.15, 0.2) is 0 Å². The Bertz CT molecular complexity index is 234. The molecule has 1 N–H and O–H groups in total. The number of hydrogen-bond acceptors (Lipinski definition) is 3. The van der Waals surface area contributed by atoms with Gasteiger partial charge in [0.25, 0.3) is 0 Å². The smallest absolute Gasteiger partial charge is 0.116 e. The largest absolute Gasteiger partial charge is 0.302 e. The molecule has 3 heteroatoms. The summed E-state index contributed by atoms with van der Waals surface area (Å²) >= 11 is 0. The molecule has 0 saturated carbocycles. The first-order valence-electron chi connectivity index (χ1n) is 5.99. The van der Waals surface area contributed by atoms with Crippen molar-refractivity contribution in [1.29, 1.82) is 5.26 Å². The Morgan fingerprint density at radius 1 is 1.53 bits per heavy atom. The Morgan fingerprint density at radius 2 is 2.27 bits per heavy atom. The molecule has 0 aromatic rings. The van der Waals surface area contributed by atoms with Gasteiger partial charge >= 0.3 is 0 Å². The minimum absolute atomic E-state index is 0.398. The van der Waals surface area contributed by atoms with E-state index in [1.54, 1.807) is 0 Å². The monoisotopic (exact) mass is 209 g/mol. The lowest BCUT2D eigenvalue weighted by atomic mass is 9.96. The van der Waals surface area contributed by atoms with Crippen molar-refractivity contribution in [3.8, 4) is 6.07 Å². The van der Waals surface area contributed by atoms with Crippen LogP contribution in [0, 0.1) is 11.3 Å². The molecule has 2 unspecified atom stereocenters. The second-order valence-electron chi connectivity index (χ2n) is 4.72. The van der Waals surface area contributed by atoms with Crippen molar-refractivity contribution in [1.82, 2.24) is 10.2 Å². The van der Waals surface area contributed by atoms with Gasteiger partial charge in [-0.25, -0.2) is 0 Å². The third kappa shape index (κ3) is 3.19. The summed E-state index contributed by atoms with van der Waals surface area (Å²) in [6, 6.07) is 3.05. The molecule has 0 aromatic carbocycles. The van der Waals surface area contributed by atoms with Gasteiger partial charge in [0.15, 0.2) is 0 Å². The second kappa shape index (κ2) is 5.48. The van der Waals surface area contributed by atoms with Gasteiger partial charge in [0.1, 0.15) is 5.54 Å². The van der Waals surface area contributed by atoms with Crippen molar-refractivity contribution in [2.75, 3.05) is 20.1 Å². The van der Waals surface area contributed by atoms with E-state index in [2.05, 4.69) is 23.2 Å². The molecule has 1 rings (SSSR count). The van der Waals surface area contributed by atoms with Gasteiger partial charge in [-0.15, -0.1) is 0 Å². The van der Waals surface area contributed by atoms with E-state index in [1.165, 1.54) is 25.7 Å². The molecule has 0 radical (unpaired) electrons. The van der Waals surface area contributed by atoms with E-state index in [9.17, 15) is 0 Å². The zero-order valence-electron chi connectivity index (χ0n) is 10.2. The van der Waals surface area contributed by atoms with Crippen LogP contribution in [0.1, 0.15) is 39.5 Å². The first kappa shape index (κ1) is 12.5. The Kier molecular flexibility index (Phi) is 4.56. The van der Waals surface area contributed by atoms with Gasteiger partial charge in [-0.1, -0.05) is 13.3 Å². The first-order chi connectivity index (χ1) is 7.15. The van der Waals surface area contributed by atoms with E-state index in [0.29, 0.717) is 6.04 Å². The summed E-state index contributed by atoms with van der Waals surface area (Å²) in [6.45, 7) is 6.22. The Labute approximate surface area is 93.5 Å². The summed E-state index contributed by atoms with van der Waals surface area (Å²) in [5.41, 5.74) is -0.398. The van der Waals surface area contributed by atoms with E-state index in [0.717, 1.165) is 13.1 Å². The summed E-state index contributed by atoms with van der Waals surface area (Å²) < 4.78 is 0. The van der Waals surface area contributed by atoms with Gasteiger partial charge in [-0.05, 0) is 39.8 Å². The van der Waals surface area contributed by atoms with Crippen LogP contribution in [-0.4, -0.2) is 36.6 Å². The lowest BCUT2D eigenvalue weighted by Gasteiger charge is -2.39. The highest BCUT2D eigenvalue weighted by molar-refractivity contribution is 5.05. The Hall–Kier alpha value is -0.590. The summed E-state index contributed by atoms with van der Waals surface area (Å²) in [4.78, 5) is 2.48. The lowest BCUT2D eigenvalue weighted by Crippen LogP contribution is -2.52. The third-order valence-electron chi connectivity index (χ3n) is 3.54. The van der Waals surface area contributed by atoms with Crippen molar-refractivity contribution in [2.24, 2.45) is 0 Å². The van der Waals surface area contributed by atoms with Crippen LogP contribution in [0.4, 0.5) is 0 Å². The van der Waals surface area contributed by atoms with E-state index < -0.39 is 5.54 Å². The van der Waals surface area contributed by atoms with Crippen molar-refractivity contribution in [2.45, 2.75) is 51.1 Å². The number of piperidine rings is 1. The molecular weight excluding hydrogens is 186 g/mol.